The quantitative estimate of drug-likeness (QED) is 0.844. The van der Waals surface area contributed by atoms with Crippen LogP contribution in [0.1, 0.15) is 36.0 Å². The van der Waals surface area contributed by atoms with E-state index in [0.29, 0.717) is 0 Å². The van der Waals surface area contributed by atoms with E-state index in [9.17, 15) is 4.79 Å². The standard InChI is InChI=1S/C15H15BrN2O/c16-13-6-2-1-5-12(13)15(7-3-4-8-15)14(19)18-10-9-17-11-18/h1-2,5-6,9-11H,3-4,7-8H2. The van der Waals surface area contributed by atoms with Crippen LogP contribution in [0.2, 0.25) is 0 Å². The van der Waals surface area contributed by atoms with Crippen LogP contribution in [0.5, 0.6) is 0 Å². The molecule has 0 atom stereocenters. The number of imidazole rings is 1. The molecule has 0 spiro atoms. The van der Waals surface area contributed by atoms with Gasteiger partial charge in [-0.05, 0) is 24.5 Å². The molecular weight excluding hydrogens is 304 g/mol. The number of benzene rings is 1. The lowest BCUT2D eigenvalue weighted by atomic mass is 9.78. The average Bonchev–Trinajstić information content (AvgIpc) is 3.11. The van der Waals surface area contributed by atoms with Crippen LogP contribution < -0.4 is 0 Å². The number of nitrogens with zero attached hydrogens (tertiary/aromatic N) is 2. The highest BCUT2D eigenvalue weighted by Crippen LogP contribution is 2.44. The molecule has 0 bridgehead atoms. The lowest BCUT2D eigenvalue weighted by Gasteiger charge is -2.29. The van der Waals surface area contributed by atoms with Crippen molar-refractivity contribution in [1.29, 1.82) is 0 Å². The fourth-order valence-electron chi connectivity index (χ4n) is 3.05. The molecule has 1 heterocycles. The lowest BCUT2D eigenvalue weighted by molar-refractivity contribution is 0.0796. The largest absolute Gasteiger partial charge is 0.276 e. The molecule has 0 unspecified atom stereocenters. The van der Waals surface area contributed by atoms with E-state index in [4.69, 9.17) is 0 Å². The van der Waals surface area contributed by atoms with Crippen LogP contribution in [0, 0.1) is 0 Å². The third-order valence-corrected chi connectivity index (χ3v) is 4.69. The van der Waals surface area contributed by atoms with Crippen LogP contribution in [-0.4, -0.2) is 15.5 Å². The van der Waals surface area contributed by atoms with Gasteiger partial charge in [-0.1, -0.05) is 47.0 Å². The average molecular weight is 319 g/mol. The summed E-state index contributed by atoms with van der Waals surface area (Å²) in [7, 11) is 0. The molecule has 1 aromatic heterocycles. The van der Waals surface area contributed by atoms with Crippen LogP contribution in [0.4, 0.5) is 0 Å². The zero-order chi connectivity index (χ0) is 13.3. The minimum atomic E-state index is -0.402. The summed E-state index contributed by atoms with van der Waals surface area (Å²) in [6.45, 7) is 0. The predicted octanol–water partition coefficient (Wildman–Crippen LogP) is 3.80. The zero-order valence-electron chi connectivity index (χ0n) is 10.6. The second-order valence-corrected chi connectivity index (χ2v) is 5.90. The molecule has 0 radical (unpaired) electrons. The van der Waals surface area contributed by atoms with Crippen molar-refractivity contribution in [2.24, 2.45) is 0 Å². The summed E-state index contributed by atoms with van der Waals surface area (Å²) in [5.41, 5.74) is 0.701. The number of hydrogen-bond acceptors (Lipinski definition) is 2. The van der Waals surface area contributed by atoms with Crippen molar-refractivity contribution < 1.29 is 4.79 Å². The Hall–Kier alpha value is -1.42. The Kier molecular flexibility index (Phi) is 3.27. The second-order valence-electron chi connectivity index (χ2n) is 5.04. The molecule has 3 rings (SSSR count). The highest BCUT2D eigenvalue weighted by atomic mass is 79.9. The van der Waals surface area contributed by atoms with Gasteiger partial charge >= 0.3 is 0 Å². The molecule has 98 valence electrons. The first-order valence-electron chi connectivity index (χ1n) is 6.52. The Morgan fingerprint density at radius 2 is 2.00 bits per heavy atom. The molecule has 1 aliphatic carbocycles. The molecule has 2 aromatic rings. The molecule has 1 fully saturated rings. The van der Waals surface area contributed by atoms with E-state index in [1.807, 2.05) is 18.2 Å². The normalized spacial score (nSPS) is 17.5. The maximum atomic E-state index is 12.9. The Labute approximate surface area is 120 Å². The summed E-state index contributed by atoms with van der Waals surface area (Å²) in [5, 5.41) is 0. The molecule has 1 aromatic carbocycles. The van der Waals surface area contributed by atoms with Gasteiger partial charge in [-0.3, -0.25) is 9.36 Å². The van der Waals surface area contributed by atoms with Crippen molar-refractivity contribution in [2.45, 2.75) is 31.1 Å². The van der Waals surface area contributed by atoms with Crippen LogP contribution >= 0.6 is 15.9 Å². The van der Waals surface area contributed by atoms with Crippen LogP contribution in [0.25, 0.3) is 0 Å². The van der Waals surface area contributed by atoms with Crippen molar-refractivity contribution in [3.63, 3.8) is 0 Å². The summed E-state index contributed by atoms with van der Waals surface area (Å²) >= 11 is 3.60. The maximum Gasteiger partial charge on any atom is 0.242 e. The van der Waals surface area contributed by atoms with E-state index in [1.54, 1.807) is 23.3 Å². The lowest BCUT2D eigenvalue weighted by Crippen LogP contribution is -2.37. The van der Waals surface area contributed by atoms with Crippen LogP contribution in [0.15, 0.2) is 47.5 Å². The van der Waals surface area contributed by atoms with E-state index in [0.717, 1.165) is 35.7 Å². The van der Waals surface area contributed by atoms with Crippen molar-refractivity contribution in [1.82, 2.24) is 9.55 Å². The second kappa shape index (κ2) is 4.93. The number of hydrogen-bond donors (Lipinski definition) is 0. The Bertz CT molecular complexity index is 586. The fraction of sp³-hybridized carbons (Fsp3) is 0.333. The van der Waals surface area contributed by atoms with Gasteiger partial charge in [0.15, 0.2) is 0 Å². The number of rotatable bonds is 2. The Balaban J connectivity index is 2.10. The van der Waals surface area contributed by atoms with E-state index < -0.39 is 5.41 Å². The van der Waals surface area contributed by atoms with Gasteiger partial charge in [0.05, 0.1) is 5.41 Å². The first-order chi connectivity index (χ1) is 9.24. The molecule has 0 saturated heterocycles. The smallest absolute Gasteiger partial charge is 0.242 e. The van der Waals surface area contributed by atoms with Crippen molar-refractivity contribution in [2.75, 3.05) is 0 Å². The van der Waals surface area contributed by atoms with Crippen molar-refractivity contribution >= 4 is 21.8 Å². The minimum Gasteiger partial charge on any atom is -0.276 e. The van der Waals surface area contributed by atoms with E-state index >= 15 is 0 Å². The van der Waals surface area contributed by atoms with Crippen molar-refractivity contribution in [3.8, 4) is 0 Å². The summed E-state index contributed by atoms with van der Waals surface area (Å²) in [6.07, 6.45) is 9.00. The number of carbonyl (C=O) groups is 1. The molecule has 1 aliphatic rings. The van der Waals surface area contributed by atoms with Gasteiger partial charge in [-0.25, -0.2) is 4.98 Å². The predicted molar refractivity (Wildman–Crippen MR) is 77.1 cm³/mol. The minimum absolute atomic E-state index is 0.134. The van der Waals surface area contributed by atoms with Gasteiger partial charge in [0.1, 0.15) is 6.33 Å². The first-order valence-corrected chi connectivity index (χ1v) is 7.31. The number of halogens is 1. The maximum absolute atomic E-state index is 12.9. The Morgan fingerprint density at radius 1 is 1.26 bits per heavy atom. The number of carbonyl (C=O) groups excluding carboxylic acids is 1. The van der Waals surface area contributed by atoms with E-state index in [-0.39, 0.29) is 5.91 Å². The third kappa shape index (κ3) is 2.04. The molecular formula is C15H15BrN2O. The topological polar surface area (TPSA) is 34.9 Å². The van der Waals surface area contributed by atoms with Gasteiger partial charge < -0.3 is 0 Å². The number of aromatic nitrogens is 2. The SMILES string of the molecule is O=C(n1ccnc1)C1(c2ccccc2Br)CCCC1. The molecule has 1 saturated carbocycles. The molecule has 19 heavy (non-hydrogen) atoms. The third-order valence-electron chi connectivity index (χ3n) is 3.99. The van der Waals surface area contributed by atoms with Gasteiger partial charge in [-0.15, -0.1) is 0 Å². The fourth-order valence-corrected chi connectivity index (χ4v) is 3.72. The molecule has 0 N–H and O–H groups in total. The van der Waals surface area contributed by atoms with Gasteiger partial charge in [0.25, 0.3) is 0 Å². The van der Waals surface area contributed by atoms with Gasteiger partial charge in [0.2, 0.25) is 5.91 Å². The molecule has 3 nitrogen and oxygen atoms in total. The monoisotopic (exact) mass is 318 g/mol. The zero-order valence-corrected chi connectivity index (χ0v) is 12.1. The van der Waals surface area contributed by atoms with Crippen LogP contribution in [0.3, 0.4) is 0 Å². The van der Waals surface area contributed by atoms with Gasteiger partial charge in [0, 0.05) is 16.9 Å². The molecule has 0 amide bonds. The summed E-state index contributed by atoms with van der Waals surface area (Å²) in [6, 6.07) is 8.06. The molecule has 4 heteroatoms. The van der Waals surface area contributed by atoms with E-state index in [2.05, 4.69) is 27.0 Å². The summed E-state index contributed by atoms with van der Waals surface area (Å²) in [4.78, 5) is 16.9. The first kappa shape index (κ1) is 12.6. The molecule has 0 aliphatic heterocycles. The van der Waals surface area contributed by atoms with E-state index in [1.165, 1.54) is 0 Å². The Morgan fingerprint density at radius 3 is 2.63 bits per heavy atom. The highest BCUT2D eigenvalue weighted by molar-refractivity contribution is 9.10. The van der Waals surface area contributed by atoms with Gasteiger partial charge in [-0.2, -0.15) is 0 Å². The summed E-state index contributed by atoms with van der Waals surface area (Å²) < 4.78 is 2.63. The van der Waals surface area contributed by atoms with Crippen LogP contribution in [-0.2, 0) is 5.41 Å². The highest BCUT2D eigenvalue weighted by Gasteiger charge is 2.44. The summed E-state index contributed by atoms with van der Waals surface area (Å²) in [5.74, 6) is 0.134. The van der Waals surface area contributed by atoms with Crippen molar-refractivity contribution in [3.05, 3.63) is 53.0 Å².